The van der Waals surface area contributed by atoms with E-state index in [1.54, 1.807) is 12.1 Å². The molecule has 1 atom stereocenters. The molecule has 10 heteroatoms. The Bertz CT molecular complexity index is 726. The van der Waals surface area contributed by atoms with Crippen molar-refractivity contribution in [3.8, 4) is 0 Å². The van der Waals surface area contributed by atoms with Gasteiger partial charge in [0.2, 0.25) is 6.29 Å². The number of sulfone groups is 1. The van der Waals surface area contributed by atoms with E-state index in [0.29, 0.717) is 5.56 Å². The van der Waals surface area contributed by atoms with Crippen LogP contribution in [0.5, 0.6) is 0 Å². The van der Waals surface area contributed by atoms with E-state index in [2.05, 4.69) is 4.74 Å². The minimum atomic E-state index is -3.33. The van der Waals surface area contributed by atoms with Crippen molar-refractivity contribution in [1.82, 2.24) is 0 Å². The molecular formula is C17H24O9S. The molecule has 0 aliphatic carbocycles. The quantitative estimate of drug-likeness (QED) is 0.426. The van der Waals surface area contributed by atoms with E-state index in [0.717, 1.165) is 6.26 Å². The summed E-state index contributed by atoms with van der Waals surface area (Å²) in [7, 11) is -3.33. The lowest BCUT2D eigenvalue weighted by Crippen LogP contribution is -2.25. The molecule has 0 heterocycles. The van der Waals surface area contributed by atoms with Gasteiger partial charge in [0, 0.05) is 25.5 Å². The molecule has 0 fully saturated rings. The van der Waals surface area contributed by atoms with Crippen molar-refractivity contribution in [3.63, 3.8) is 0 Å². The Morgan fingerprint density at radius 1 is 1.15 bits per heavy atom. The normalized spacial score (nSPS) is 12.5. The number of hydrogen-bond donors (Lipinski definition) is 2. The summed E-state index contributed by atoms with van der Waals surface area (Å²) in [4.78, 5) is 23.4. The van der Waals surface area contributed by atoms with Crippen molar-refractivity contribution in [3.05, 3.63) is 29.8 Å². The topological polar surface area (TPSA) is 136 Å². The lowest BCUT2D eigenvalue weighted by Gasteiger charge is -2.15. The largest absolute Gasteiger partial charge is 0.511 e. The molecule has 0 amide bonds. The summed E-state index contributed by atoms with van der Waals surface area (Å²) < 4.78 is 37.4. The lowest BCUT2D eigenvalue weighted by atomic mass is 10.1. The molecule has 0 aliphatic rings. The SMILES string of the molecule is CC(OC(=O)CCc1cccc(S(C)(=O)=O)c1)OC(=O)OCC(CO)CO. The monoisotopic (exact) mass is 404 g/mol. The second-order valence-electron chi connectivity index (χ2n) is 5.89. The maximum Gasteiger partial charge on any atom is 0.511 e. The molecule has 1 aromatic carbocycles. The fourth-order valence-corrected chi connectivity index (χ4v) is 2.66. The average molecular weight is 404 g/mol. The van der Waals surface area contributed by atoms with Gasteiger partial charge in [-0.1, -0.05) is 12.1 Å². The number of benzene rings is 1. The van der Waals surface area contributed by atoms with Crippen LogP contribution in [0, 0.1) is 5.92 Å². The van der Waals surface area contributed by atoms with Crippen LogP contribution >= 0.6 is 0 Å². The number of aryl methyl sites for hydroxylation is 1. The maximum absolute atomic E-state index is 11.8. The molecule has 0 radical (unpaired) electrons. The summed E-state index contributed by atoms with van der Waals surface area (Å²) in [5, 5.41) is 17.7. The summed E-state index contributed by atoms with van der Waals surface area (Å²) in [6.45, 7) is 0.395. The van der Waals surface area contributed by atoms with Gasteiger partial charge in [0.05, 0.1) is 18.1 Å². The number of aliphatic hydroxyl groups is 2. The molecule has 27 heavy (non-hydrogen) atoms. The molecule has 1 unspecified atom stereocenters. The molecule has 0 aliphatic heterocycles. The van der Waals surface area contributed by atoms with Gasteiger partial charge in [0.15, 0.2) is 9.84 Å². The first-order chi connectivity index (χ1) is 12.7. The fraction of sp³-hybridized carbons (Fsp3) is 0.529. The number of hydrogen-bond acceptors (Lipinski definition) is 9. The Morgan fingerprint density at radius 3 is 2.41 bits per heavy atom. The Morgan fingerprint density at radius 2 is 1.81 bits per heavy atom. The second-order valence-corrected chi connectivity index (χ2v) is 7.90. The predicted molar refractivity (Wildman–Crippen MR) is 93.5 cm³/mol. The van der Waals surface area contributed by atoms with Crippen LogP contribution in [0.4, 0.5) is 4.79 Å². The van der Waals surface area contributed by atoms with Crippen molar-refractivity contribution in [2.45, 2.75) is 31.0 Å². The van der Waals surface area contributed by atoms with Gasteiger partial charge in [-0.05, 0) is 24.1 Å². The van der Waals surface area contributed by atoms with Crippen LogP contribution in [0.1, 0.15) is 18.9 Å². The van der Waals surface area contributed by atoms with Gasteiger partial charge in [-0.2, -0.15) is 0 Å². The van der Waals surface area contributed by atoms with E-state index in [1.807, 2.05) is 0 Å². The molecule has 152 valence electrons. The van der Waals surface area contributed by atoms with Gasteiger partial charge >= 0.3 is 12.1 Å². The van der Waals surface area contributed by atoms with Crippen molar-refractivity contribution in [2.75, 3.05) is 26.1 Å². The van der Waals surface area contributed by atoms with Crippen LogP contribution in [-0.4, -0.2) is 63.1 Å². The van der Waals surface area contributed by atoms with Crippen LogP contribution in [0.25, 0.3) is 0 Å². The molecule has 0 aromatic heterocycles. The second kappa shape index (κ2) is 10.9. The molecule has 0 bridgehead atoms. The first-order valence-corrected chi connectivity index (χ1v) is 10.1. The first kappa shape index (κ1) is 22.9. The number of carbonyl (C=O) groups excluding carboxylic acids is 2. The van der Waals surface area contributed by atoms with E-state index in [9.17, 15) is 18.0 Å². The fourth-order valence-electron chi connectivity index (χ4n) is 1.96. The minimum absolute atomic E-state index is 0.0347. The Hall–Kier alpha value is -2.17. The number of ether oxygens (including phenoxy) is 3. The molecule has 1 aromatic rings. The smallest absolute Gasteiger partial charge is 0.434 e. The number of esters is 1. The van der Waals surface area contributed by atoms with Gasteiger partial charge in [0.25, 0.3) is 0 Å². The molecule has 0 spiro atoms. The highest BCUT2D eigenvalue weighted by Gasteiger charge is 2.17. The van der Waals surface area contributed by atoms with E-state index in [4.69, 9.17) is 19.7 Å². The average Bonchev–Trinajstić information content (AvgIpc) is 2.60. The van der Waals surface area contributed by atoms with Crippen molar-refractivity contribution in [1.29, 1.82) is 0 Å². The van der Waals surface area contributed by atoms with Crippen molar-refractivity contribution >= 4 is 22.0 Å². The van der Waals surface area contributed by atoms with Gasteiger partial charge in [0.1, 0.15) is 6.61 Å². The third-order valence-electron chi connectivity index (χ3n) is 3.46. The van der Waals surface area contributed by atoms with Crippen LogP contribution in [0.3, 0.4) is 0 Å². The number of carbonyl (C=O) groups is 2. The van der Waals surface area contributed by atoms with Gasteiger partial charge < -0.3 is 24.4 Å². The van der Waals surface area contributed by atoms with E-state index >= 15 is 0 Å². The summed E-state index contributed by atoms with van der Waals surface area (Å²) in [6, 6.07) is 6.23. The summed E-state index contributed by atoms with van der Waals surface area (Å²) in [5.41, 5.74) is 0.655. The van der Waals surface area contributed by atoms with Crippen molar-refractivity contribution in [2.24, 2.45) is 5.92 Å². The van der Waals surface area contributed by atoms with E-state index in [-0.39, 0.29) is 37.6 Å². The zero-order chi connectivity index (χ0) is 20.4. The third kappa shape index (κ3) is 8.85. The Balaban J connectivity index is 2.40. The highest BCUT2D eigenvalue weighted by Crippen LogP contribution is 2.13. The molecule has 2 N–H and O–H groups in total. The zero-order valence-electron chi connectivity index (χ0n) is 15.2. The number of rotatable bonds is 10. The summed E-state index contributed by atoms with van der Waals surface area (Å²) in [5.74, 6) is -1.25. The third-order valence-corrected chi connectivity index (χ3v) is 4.57. The van der Waals surface area contributed by atoms with Crippen LogP contribution in [0.2, 0.25) is 0 Å². The number of aliphatic hydroxyl groups excluding tert-OH is 2. The zero-order valence-corrected chi connectivity index (χ0v) is 16.0. The molecular weight excluding hydrogens is 380 g/mol. The van der Waals surface area contributed by atoms with E-state index in [1.165, 1.54) is 19.1 Å². The van der Waals surface area contributed by atoms with Crippen molar-refractivity contribution < 1.29 is 42.4 Å². The molecule has 0 saturated carbocycles. The molecule has 1 rings (SSSR count). The maximum atomic E-state index is 11.8. The first-order valence-electron chi connectivity index (χ1n) is 8.19. The summed E-state index contributed by atoms with van der Waals surface area (Å²) >= 11 is 0. The van der Waals surface area contributed by atoms with E-state index < -0.39 is 34.2 Å². The molecule has 9 nitrogen and oxygen atoms in total. The highest BCUT2D eigenvalue weighted by atomic mass is 32.2. The van der Waals surface area contributed by atoms with Crippen LogP contribution in [-0.2, 0) is 35.3 Å². The minimum Gasteiger partial charge on any atom is -0.434 e. The molecule has 0 saturated heterocycles. The van der Waals surface area contributed by atoms with Gasteiger partial charge in [-0.15, -0.1) is 0 Å². The Kier molecular flexibility index (Phi) is 9.19. The highest BCUT2D eigenvalue weighted by molar-refractivity contribution is 7.90. The Labute approximate surface area is 157 Å². The van der Waals surface area contributed by atoms with Gasteiger partial charge in [-0.3, -0.25) is 4.79 Å². The predicted octanol–water partition coefficient (Wildman–Crippen LogP) is 0.666. The summed E-state index contributed by atoms with van der Waals surface area (Å²) in [6.07, 6.45) is -0.958. The van der Waals surface area contributed by atoms with Gasteiger partial charge in [-0.25, -0.2) is 13.2 Å². The lowest BCUT2D eigenvalue weighted by molar-refractivity contribution is -0.168. The standard InChI is InChI=1S/C17H24O9S/c1-12(26-17(21)24-11-14(9-18)10-19)25-16(20)7-6-13-4-3-5-15(8-13)27(2,22)23/h3-5,8,12,14,18-19H,6-7,9-11H2,1-2H3. The van der Waals surface area contributed by atoms with Crippen LogP contribution < -0.4 is 0 Å². The van der Waals surface area contributed by atoms with Crippen LogP contribution in [0.15, 0.2) is 29.2 Å².